The summed E-state index contributed by atoms with van der Waals surface area (Å²) >= 11 is 0. The van der Waals surface area contributed by atoms with E-state index >= 15 is 0 Å². The Balaban J connectivity index is 1.94. The van der Waals surface area contributed by atoms with Gasteiger partial charge in [0.25, 0.3) is 0 Å². The van der Waals surface area contributed by atoms with Crippen LogP contribution in [0.5, 0.6) is 5.75 Å². The first-order valence-electron chi connectivity index (χ1n) is 6.62. The average molecular weight is 247 g/mol. The summed E-state index contributed by atoms with van der Waals surface area (Å²) in [5.41, 5.74) is 1.20. The first-order valence-corrected chi connectivity index (χ1v) is 6.62. The zero-order valence-electron chi connectivity index (χ0n) is 11.1. The van der Waals surface area contributed by atoms with Crippen LogP contribution in [0.3, 0.4) is 0 Å². The van der Waals surface area contributed by atoms with Crippen LogP contribution in [0, 0.1) is 0 Å². The quantitative estimate of drug-likeness (QED) is 0.869. The third-order valence-corrected chi connectivity index (χ3v) is 3.36. The van der Waals surface area contributed by atoms with Crippen LogP contribution in [0.4, 0.5) is 0 Å². The minimum atomic E-state index is 0.236. The van der Waals surface area contributed by atoms with Gasteiger partial charge in [0.15, 0.2) is 0 Å². The Bertz CT molecular complexity index is 393. The Morgan fingerprint density at radius 3 is 2.72 bits per heavy atom. The van der Waals surface area contributed by atoms with Gasteiger partial charge in [0, 0.05) is 13.0 Å². The standard InChI is InChI=1S/C15H21NO2/c1-11(9-12(2)17)13-3-5-14(6-4-13)18-15-7-8-16-10-15/h3-6,11,15-16H,7-10H2,1-2H3/t11-,15-/m1/s1. The highest BCUT2D eigenvalue weighted by molar-refractivity contribution is 5.76. The van der Waals surface area contributed by atoms with Gasteiger partial charge in [-0.05, 0) is 43.5 Å². The van der Waals surface area contributed by atoms with Crippen molar-refractivity contribution in [3.05, 3.63) is 29.8 Å². The summed E-state index contributed by atoms with van der Waals surface area (Å²) in [6.07, 6.45) is 1.97. The molecule has 1 heterocycles. The monoisotopic (exact) mass is 247 g/mol. The second-order valence-corrected chi connectivity index (χ2v) is 5.11. The summed E-state index contributed by atoms with van der Waals surface area (Å²) in [4.78, 5) is 11.1. The van der Waals surface area contributed by atoms with Gasteiger partial charge in [-0.25, -0.2) is 0 Å². The van der Waals surface area contributed by atoms with Crippen molar-refractivity contribution in [2.45, 2.75) is 38.7 Å². The van der Waals surface area contributed by atoms with E-state index in [4.69, 9.17) is 4.74 Å². The van der Waals surface area contributed by atoms with Gasteiger partial charge in [0.2, 0.25) is 0 Å². The molecular formula is C15H21NO2. The molecule has 1 saturated heterocycles. The lowest BCUT2D eigenvalue weighted by atomic mass is 9.96. The molecule has 1 aliphatic heterocycles. The Hall–Kier alpha value is -1.35. The first-order chi connectivity index (χ1) is 8.65. The lowest BCUT2D eigenvalue weighted by molar-refractivity contribution is -0.117. The van der Waals surface area contributed by atoms with Crippen molar-refractivity contribution >= 4 is 5.78 Å². The molecule has 3 heteroatoms. The topological polar surface area (TPSA) is 38.3 Å². The summed E-state index contributed by atoms with van der Waals surface area (Å²) in [5.74, 6) is 1.44. The van der Waals surface area contributed by atoms with Crippen molar-refractivity contribution in [1.29, 1.82) is 0 Å². The minimum Gasteiger partial charge on any atom is -0.489 e. The SMILES string of the molecule is CC(=O)C[C@@H](C)c1ccc(O[C@@H]2CCNC2)cc1. The molecular weight excluding hydrogens is 226 g/mol. The van der Waals surface area contributed by atoms with Crippen molar-refractivity contribution in [3.8, 4) is 5.75 Å². The highest BCUT2D eigenvalue weighted by atomic mass is 16.5. The number of benzene rings is 1. The van der Waals surface area contributed by atoms with E-state index in [1.807, 2.05) is 12.1 Å². The molecule has 1 fully saturated rings. The third kappa shape index (κ3) is 3.57. The number of carbonyl (C=O) groups is 1. The van der Waals surface area contributed by atoms with Crippen LogP contribution in [0.15, 0.2) is 24.3 Å². The molecule has 1 aliphatic rings. The van der Waals surface area contributed by atoms with Crippen LogP contribution in [0.2, 0.25) is 0 Å². The molecule has 1 N–H and O–H groups in total. The van der Waals surface area contributed by atoms with E-state index < -0.39 is 0 Å². The maximum absolute atomic E-state index is 11.1. The number of rotatable bonds is 5. The number of hydrogen-bond acceptors (Lipinski definition) is 3. The van der Waals surface area contributed by atoms with Gasteiger partial charge in [-0.2, -0.15) is 0 Å². The Kier molecular flexibility index (Phi) is 4.37. The van der Waals surface area contributed by atoms with Crippen LogP contribution in [0.1, 0.15) is 38.2 Å². The molecule has 0 radical (unpaired) electrons. The number of hydrogen-bond donors (Lipinski definition) is 1. The summed E-state index contributed by atoms with van der Waals surface area (Å²) in [5, 5.41) is 3.28. The Morgan fingerprint density at radius 1 is 1.44 bits per heavy atom. The highest BCUT2D eigenvalue weighted by Gasteiger charge is 2.16. The van der Waals surface area contributed by atoms with Gasteiger partial charge in [-0.1, -0.05) is 19.1 Å². The van der Waals surface area contributed by atoms with Crippen molar-refractivity contribution in [1.82, 2.24) is 5.32 Å². The number of Topliss-reactive ketones (excluding diaryl/α,β-unsaturated/α-hetero) is 1. The van der Waals surface area contributed by atoms with Gasteiger partial charge >= 0.3 is 0 Å². The molecule has 0 aliphatic carbocycles. The van der Waals surface area contributed by atoms with Crippen molar-refractivity contribution in [3.63, 3.8) is 0 Å². The molecule has 0 saturated carbocycles. The first kappa shape index (κ1) is 13.1. The van der Waals surface area contributed by atoms with E-state index in [-0.39, 0.29) is 11.7 Å². The van der Waals surface area contributed by atoms with Crippen LogP contribution in [-0.4, -0.2) is 25.0 Å². The minimum absolute atomic E-state index is 0.236. The normalized spacial score (nSPS) is 20.7. The summed E-state index contributed by atoms with van der Waals surface area (Å²) in [6.45, 7) is 5.69. The van der Waals surface area contributed by atoms with Crippen molar-refractivity contribution in [2.75, 3.05) is 13.1 Å². The van der Waals surface area contributed by atoms with Crippen molar-refractivity contribution in [2.24, 2.45) is 0 Å². The molecule has 0 amide bonds. The lowest BCUT2D eigenvalue weighted by Gasteiger charge is -2.14. The zero-order valence-corrected chi connectivity index (χ0v) is 11.1. The molecule has 1 aromatic carbocycles. The van der Waals surface area contributed by atoms with Crippen LogP contribution >= 0.6 is 0 Å². The van der Waals surface area contributed by atoms with Gasteiger partial charge in [-0.15, -0.1) is 0 Å². The van der Waals surface area contributed by atoms with E-state index in [9.17, 15) is 4.79 Å². The molecule has 0 spiro atoms. The van der Waals surface area contributed by atoms with Gasteiger partial charge in [0.05, 0.1) is 0 Å². The van der Waals surface area contributed by atoms with E-state index in [0.717, 1.165) is 25.3 Å². The second kappa shape index (κ2) is 6.01. The Morgan fingerprint density at radius 2 is 2.17 bits per heavy atom. The maximum atomic E-state index is 11.1. The molecule has 0 aromatic heterocycles. The second-order valence-electron chi connectivity index (χ2n) is 5.11. The van der Waals surface area contributed by atoms with E-state index in [2.05, 4.69) is 24.4 Å². The van der Waals surface area contributed by atoms with Gasteiger partial charge in [-0.3, -0.25) is 0 Å². The molecule has 3 nitrogen and oxygen atoms in total. The molecule has 0 unspecified atom stereocenters. The third-order valence-electron chi connectivity index (χ3n) is 3.36. The Labute approximate surface area is 109 Å². The number of ether oxygens (including phenoxy) is 1. The van der Waals surface area contributed by atoms with Crippen LogP contribution in [0.25, 0.3) is 0 Å². The molecule has 2 rings (SSSR count). The molecule has 1 aromatic rings. The number of carbonyl (C=O) groups excluding carboxylic acids is 1. The fourth-order valence-corrected chi connectivity index (χ4v) is 2.35. The average Bonchev–Trinajstić information content (AvgIpc) is 2.82. The van der Waals surface area contributed by atoms with Crippen molar-refractivity contribution < 1.29 is 9.53 Å². The summed E-state index contributed by atoms with van der Waals surface area (Å²) in [6, 6.07) is 8.13. The highest BCUT2D eigenvalue weighted by Crippen LogP contribution is 2.23. The summed E-state index contributed by atoms with van der Waals surface area (Å²) in [7, 11) is 0. The van der Waals surface area contributed by atoms with E-state index in [1.54, 1.807) is 6.92 Å². The fourth-order valence-electron chi connectivity index (χ4n) is 2.35. The van der Waals surface area contributed by atoms with Crippen LogP contribution in [-0.2, 0) is 4.79 Å². The molecule has 2 atom stereocenters. The predicted molar refractivity (Wildman–Crippen MR) is 72.1 cm³/mol. The maximum Gasteiger partial charge on any atom is 0.130 e. The number of nitrogens with one attached hydrogen (secondary N) is 1. The lowest BCUT2D eigenvalue weighted by Crippen LogP contribution is -2.19. The van der Waals surface area contributed by atoms with Gasteiger partial charge in [0.1, 0.15) is 17.6 Å². The number of ketones is 1. The molecule has 0 bridgehead atoms. The van der Waals surface area contributed by atoms with Crippen LogP contribution < -0.4 is 10.1 Å². The zero-order chi connectivity index (χ0) is 13.0. The van der Waals surface area contributed by atoms with Gasteiger partial charge < -0.3 is 14.8 Å². The predicted octanol–water partition coefficient (Wildman–Crippen LogP) is 2.51. The largest absolute Gasteiger partial charge is 0.489 e. The fraction of sp³-hybridized carbons (Fsp3) is 0.533. The molecule has 98 valence electrons. The van der Waals surface area contributed by atoms with E-state index in [1.165, 1.54) is 5.56 Å². The smallest absolute Gasteiger partial charge is 0.130 e. The summed E-state index contributed by atoms with van der Waals surface area (Å²) < 4.78 is 5.86. The molecule has 18 heavy (non-hydrogen) atoms. The van der Waals surface area contributed by atoms with E-state index in [0.29, 0.717) is 12.5 Å².